The van der Waals surface area contributed by atoms with E-state index in [9.17, 15) is 0 Å². The number of hydrogen-bond donors (Lipinski definition) is 1. The predicted octanol–water partition coefficient (Wildman–Crippen LogP) is 3.66. The van der Waals surface area contributed by atoms with E-state index in [0.717, 1.165) is 18.0 Å². The van der Waals surface area contributed by atoms with Gasteiger partial charge in [-0.25, -0.2) is 0 Å². The molecule has 0 aliphatic carbocycles. The Morgan fingerprint density at radius 1 is 1.11 bits per heavy atom. The molecular formula is C16H34N2. The van der Waals surface area contributed by atoms with E-state index in [2.05, 4.69) is 44.8 Å². The van der Waals surface area contributed by atoms with Crippen LogP contribution in [0.4, 0.5) is 0 Å². The molecule has 1 N–H and O–H groups in total. The second-order valence-corrected chi connectivity index (χ2v) is 6.08. The average molecular weight is 254 g/mol. The Labute approximate surface area is 115 Å². The van der Waals surface area contributed by atoms with E-state index >= 15 is 0 Å². The van der Waals surface area contributed by atoms with Crippen molar-refractivity contribution in [2.45, 2.75) is 84.8 Å². The van der Waals surface area contributed by atoms with E-state index in [0.29, 0.717) is 6.04 Å². The summed E-state index contributed by atoms with van der Waals surface area (Å²) in [6.45, 7) is 14.2. The molecule has 1 fully saturated rings. The van der Waals surface area contributed by atoms with Crippen LogP contribution in [0, 0.1) is 5.92 Å². The van der Waals surface area contributed by atoms with Crippen LogP contribution in [-0.2, 0) is 0 Å². The number of nitrogens with zero attached hydrogens (tertiary/aromatic N) is 1. The standard InChI is InChI=1S/C16H34N2/c1-6-13(5)10-15(8-3)18-12-14(7-2)17-11-16(18)9-4/h13-17H,6-12H2,1-5H3. The number of nitrogens with one attached hydrogen (secondary N) is 1. The lowest BCUT2D eigenvalue weighted by atomic mass is 9.93. The molecule has 2 heteroatoms. The van der Waals surface area contributed by atoms with Gasteiger partial charge in [-0.2, -0.15) is 0 Å². The quantitative estimate of drug-likeness (QED) is 0.746. The molecule has 0 spiro atoms. The monoisotopic (exact) mass is 254 g/mol. The molecule has 0 aromatic heterocycles. The van der Waals surface area contributed by atoms with E-state index in [-0.39, 0.29) is 0 Å². The summed E-state index contributed by atoms with van der Waals surface area (Å²) in [4.78, 5) is 2.82. The molecule has 0 aromatic rings. The Hall–Kier alpha value is -0.0800. The van der Waals surface area contributed by atoms with Crippen molar-refractivity contribution < 1.29 is 0 Å². The highest BCUT2D eigenvalue weighted by molar-refractivity contribution is 4.89. The van der Waals surface area contributed by atoms with Crippen molar-refractivity contribution in [2.75, 3.05) is 13.1 Å². The van der Waals surface area contributed by atoms with E-state index in [1.165, 1.54) is 45.2 Å². The van der Waals surface area contributed by atoms with Gasteiger partial charge in [0, 0.05) is 31.2 Å². The second kappa shape index (κ2) is 8.16. The summed E-state index contributed by atoms with van der Waals surface area (Å²) in [5, 5.41) is 3.70. The molecule has 1 rings (SSSR count). The van der Waals surface area contributed by atoms with Crippen molar-refractivity contribution in [2.24, 2.45) is 5.92 Å². The van der Waals surface area contributed by atoms with Crippen LogP contribution in [0.2, 0.25) is 0 Å². The van der Waals surface area contributed by atoms with E-state index in [4.69, 9.17) is 0 Å². The first-order chi connectivity index (χ1) is 8.65. The van der Waals surface area contributed by atoms with Crippen molar-refractivity contribution in [1.82, 2.24) is 10.2 Å². The largest absolute Gasteiger partial charge is 0.311 e. The molecule has 0 radical (unpaired) electrons. The molecular weight excluding hydrogens is 220 g/mol. The SMILES string of the molecule is CCC(C)CC(CC)N1CC(CC)NCC1CC. The molecule has 2 nitrogen and oxygen atoms in total. The zero-order valence-electron chi connectivity index (χ0n) is 13.2. The van der Waals surface area contributed by atoms with Crippen molar-refractivity contribution in [3.05, 3.63) is 0 Å². The molecule has 4 unspecified atom stereocenters. The smallest absolute Gasteiger partial charge is 0.0221 e. The minimum absolute atomic E-state index is 0.707. The van der Waals surface area contributed by atoms with Gasteiger partial charge in [0.05, 0.1) is 0 Å². The third-order valence-corrected chi connectivity index (χ3v) is 4.82. The van der Waals surface area contributed by atoms with E-state index < -0.39 is 0 Å². The molecule has 0 bridgehead atoms. The summed E-state index contributed by atoms with van der Waals surface area (Å²) in [5.41, 5.74) is 0. The molecule has 18 heavy (non-hydrogen) atoms. The molecule has 4 atom stereocenters. The highest BCUT2D eigenvalue weighted by Crippen LogP contribution is 2.23. The third-order valence-electron chi connectivity index (χ3n) is 4.82. The maximum atomic E-state index is 3.70. The number of rotatable bonds is 7. The van der Waals surface area contributed by atoms with Crippen LogP contribution in [0.15, 0.2) is 0 Å². The summed E-state index contributed by atoms with van der Waals surface area (Å²) in [6, 6.07) is 2.25. The lowest BCUT2D eigenvalue weighted by molar-refractivity contribution is 0.0634. The van der Waals surface area contributed by atoms with Crippen molar-refractivity contribution >= 4 is 0 Å². The first kappa shape index (κ1) is 16.0. The highest BCUT2D eigenvalue weighted by Gasteiger charge is 2.30. The molecule has 1 saturated heterocycles. The zero-order chi connectivity index (χ0) is 13.5. The first-order valence-electron chi connectivity index (χ1n) is 8.15. The van der Waals surface area contributed by atoms with Crippen LogP contribution in [-0.4, -0.2) is 36.1 Å². The zero-order valence-corrected chi connectivity index (χ0v) is 13.2. The maximum Gasteiger partial charge on any atom is 0.0221 e. The maximum absolute atomic E-state index is 3.70. The van der Waals surface area contributed by atoms with Crippen LogP contribution in [0.3, 0.4) is 0 Å². The highest BCUT2D eigenvalue weighted by atomic mass is 15.3. The lowest BCUT2D eigenvalue weighted by Crippen LogP contribution is -2.59. The number of piperazine rings is 1. The van der Waals surface area contributed by atoms with Gasteiger partial charge in [-0.15, -0.1) is 0 Å². The van der Waals surface area contributed by atoms with Crippen LogP contribution >= 0.6 is 0 Å². The predicted molar refractivity (Wildman–Crippen MR) is 81.0 cm³/mol. The Morgan fingerprint density at radius 2 is 1.83 bits per heavy atom. The molecule has 1 heterocycles. The van der Waals surface area contributed by atoms with Gasteiger partial charge in [-0.3, -0.25) is 4.90 Å². The van der Waals surface area contributed by atoms with Crippen molar-refractivity contribution in [1.29, 1.82) is 0 Å². The second-order valence-electron chi connectivity index (χ2n) is 6.08. The summed E-state index contributed by atoms with van der Waals surface area (Å²) < 4.78 is 0. The van der Waals surface area contributed by atoms with E-state index in [1.54, 1.807) is 0 Å². The van der Waals surface area contributed by atoms with Gasteiger partial charge in [0.1, 0.15) is 0 Å². The fourth-order valence-electron chi connectivity index (χ4n) is 3.16. The minimum Gasteiger partial charge on any atom is -0.311 e. The van der Waals surface area contributed by atoms with Crippen LogP contribution in [0.25, 0.3) is 0 Å². The van der Waals surface area contributed by atoms with Gasteiger partial charge in [-0.05, 0) is 31.6 Å². The lowest BCUT2D eigenvalue weighted by Gasteiger charge is -2.45. The number of hydrogen-bond acceptors (Lipinski definition) is 2. The van der Waals surface area contributed by atoms with E-state index in [1.807, 2.05) is 0 Å². The molecule has 1 aliphatic heterocycles. The van der Waals surface area contributed by atoms with Gasteiger partial charge < -0.3 is 5.32 Å². The van der Waals surface area contributed by atoms with Gasteiger partial charge in [0.15, 0.2) is 0 Å². The van der Waals surface area contributed by atoms with Gasteiger partial charge in [0.25, 0.3) is 0 Å². The summed E-state index contributed by atoms with van der Waals surface area (Å²) in [6.07, 6.45) is 6.53. The van der Waals surface area contributed by atoms with Crippen LogP contribution in [0.1, 0.15) is 66.7 Å². The Bertz CT molecular complexity index is 217. The topological polar surface area (TPSA) is 15.3 Å². The van der Waals surface area contributed by atoms with Crippen LogP contribution in [0.5, 0.6) is 0 Å². The molecule has 0 aromatic carbocycles. The van der Waals surface area contributed by atoms with Gasteiger partial charge in [0.2, 0.25) is 0 Å². The normalized spacial score (nSPS) is 29.2. The fourth-order valence-corrected chi connectivity index (χ4v) is 3.16. The first-order valence-corrected chi connectivity index (χ1v) is 8.15. The van der Waals surface area contributed by atoms with Gasteiger partial charge >= 0.3 is 0 Å². The van der Waals surface area contributed by atoms with Gasteiger partial charge in [-0.1, -0.05) is 41.0 Å². The van der Waals surface area contributed by atoms with Crippen molar-refractivity contribution in [3.8, 4) is 0 Å². The summed E-state index contributed by atoms with van der Waals surface area (Å²) in [5.74, 6) is 0.863. The summed E-state index contributed by atoms with van der Waals surface area (Å²) >= 11 is 0. The fraction of sp³-hybridized carbons (Fsp3) is 1.00. The summed E-state index contributed by atoms with van der Waals surface area (Å²) in [7, 11) is 0. The Balaban J connectivity index is 2.65. The van der Waals surface area contributed by atoms with Crippen LogP contribution < -0.4 is 5.32 Å². The third kappa shape index (κ3) is 4.24. The molecule has 1 aliphatic rings. The molecule has 108 valence electrons. The Kier molecular flexibility index (Phi) is 7.25. The minimum atomic E-state index is 0.707. The van der Waals surface area contributed by atoms with Crippen molar-refractivity contribution in [3.63, 3.8) is 0 Å². The molecule has 0 saturated carbocycles. The molecule has 0 amide bonds. The average Bonchev–Trinajstić information content (AvgIpc) is 2.43. The Morgan fingerprint density at radius 3 is 2.33 bits per heavy atom.